The third-order valence-corrected chi connectivity index (χ3v) is 5.48. The van der Waals surface area contributed by atoms with E-state index < -0.39 is 0 Å². The standard InChI is InChI=1S/C23H26N4O/c1-3-4-10-22(28)26-20(18-8-6-5-7-9-18)15-21(27-23(26)24-16-25-27)19-13-11-17(2)12-14-19/h5-9,11-14,16,20-21H,3-4,10,15H2,1-2H3/t20-,21-/m0/s1. The summed E-state index contributed by atoms with van der Waals surface area (Å²) >= 11 is 0. The largest absolute Gasteiger partial charge is 0.274 e. The summed E-state index contributed by atoms with van der Waals surface area (Å²) < 4.78 is 1.91. The van der Waals surface area contributed by atoms with Gasteiger partial charge >= 0.3 is 0 Å². The number of aromatic nitrogens is 3. The van der Waals surface area contributed by atoms with E-state index in [0.29, 0.717) is 12.4 Å². The molecule has 0 bridgehead atoms. The maximum atomic E-state index is 13.1. The molecule has 0 saturated heterocycles. The van der Waals surface area contributed by atoms with Crippen molar-refractivity contribution in [2.75, 3.05) is 4.90 Å². The molecule has 0 saturated carbocycles. The lowest BCUT2D eigenvalue weighted by molar-refractivity contribution is -0.119. The number of nitrogens with zero attached hydrogens (tertiary/aromatic N) is 4. The van der Waals surface area contributed by atoms with E-state index >= 15 is 0 Å². The first kappa shape index (κ1) is 18.4. The first-order valence-corrected chi connectivity index (χ1v) is 10.0. The minimum Gasteiger partial charge on any atom is -0.274 e. The second-order valence-electron chi connectivity index (χ2n) is 7.46. The maximum absolute atomic E-state index is 13.1. The molecule has 2 aromatic carbocycles. The number of benzene rings is 2. The molecule has 1 aliphatic rings. The van der Waals surface area contributed by atoms with E-state index in [-0.39, 0.29) is 18.0 Å². The summed E-state index contributed by atoms with van der Waals surface area (Å²) in [6, 6.07) is 18.8. The number of amides is 1. The summed E-state index contributed by atoms with van der Waals surface area (Å²) in [4.78, 5) is 19.5. The average molecular weight is 374 g/mol. The third-order valence-electron chi connectivity index (χ3n) is 5.48. The van der Waals surface area contributed by atoms with Gasteiger partial charge in [-0.25, -0.2) is 4.68 Å². The van der Waals surface area contributed by atoms with Crippen LogP contribution in [0.1, 0.15) is 61.4 Å². The van der Waals surface area contributed by atoms with Crippen LogP contribution in [0.3, 0.4) is 0 Å². The van der Waals surface area contributed by atoms with Crippen molar-refractivity contribution in [1.82, 2.24) is 14.8 Å². The number of rotatable bonds is 5. The number of anilines is 1. The van der Waals surface area contributed by atoms with Crippen molar-refractivity contribution in [3.05, 3.63) is 77.6 Å². The Kier molecular flexibility index (Phi) is 5.24. The maximum Gasteiger partial charge on any atom is 0.231 e. The first-order valence-electron chi connectivity index (χ1n) is 10.0. The number of aryl methyl sites for hydroxylation is 1. The molecule has 0 spiro atoms. The van der Waals surface area contributed by atoms with Crippen LogP contribution in [-0.4, -0.2) is 20.7 Å². The van der Waals surface area contributed by atoms with Crippen molar-refractivity contribution in [3.63, 3.8) is 0 Å². The van der Waals surface area contributed by atoms with E-state index in [0.717, 1.165) is 24.8 Å². The summed E-state index contributed by atoms with van der Waals surface area (Å²) in [6.45, 7) is 4.19. The molecule has 28 heavy (non-hydrogen) atoms. The zero-order chi connectivity index (χ0) is 19.5. The fourth-order valence-electron chi connectivity index (χ4n) is 3.95. The zero-order valence-corrected chi connectivity index (χ0v) is 16.5. The number of carbonyl (C=O) groups is 1. The quantitative estimate of drug-likeness (QED) is 0.642. The Hall–Kier alpha value is -2.95. The normalized spacial score (nSPS) is 18.7. The predicted octanol–water partition coefficient (Wildman–Crippen LogP) is 4.84. The molecule has 0 unspecified atom stereocenters. The summed E-state index contributed by atoms with van der Waals surface area (Å²) in [5.41, 5.74) is 3.56. The number of hydrogen-bond acceptors (Lipinski definition) is 3. The molecule has 1 aliphatic heterocycles. The number of carbonyl (C=O) groups excluding carboxylic acids is 1. The smallest absolute Gasteiger partial charge is 0.231 e. The lowest BCUT2D eigenvalue weighted by atomic mass is 9.91. The molecule has 0 radical (unpaired) electrons. The van der Waals surface area contributed by atoms with Crippen molar-refractivity contribution in [2.45, 2.75) is 51.6 Å². The van der Waals surface area contributed by atoms with Gasteiger partial charge in [0.25, 0.3) is 0 Å². The van der Waals surface area contributed by atoms with Gasteiger partial charge in [0.2, 0.25) is 11.9 Å². The molecule has 0 fully saturated rings. The van der Waals surface area contributed by atoms with Gasteiger partial charge in [-0.1, -0.05) is 73.5 Å². The van der Waals surface area contributed by atoms with Crippen LogP contribution in [0.25, 0.3) is 0 Å². The summed E-state index contributed by atoms with van der Waals surface area (Å²) in [6.07, 6.45) is 4.74. The Labute approximate surface area is 166 Å². The van der Waals surface area contributed by atoms with Crippen LogP contribution < -0.4 is 4.90 Å². The lowest BCUT2D eigenvalue weighted by Gasteiger charge is -2.39. The molecule has 1 amide bonds. The molecule has 2 atom stereocenters. The van der Waals surface area contributed by atoms with Gasteiger partial charge in [0, 0.05) is 6.42 Å². The molecule has 1 aromatic heterocycles. The molecule has 2 heterocycles. The Bertz CT molecular complexity index is 933. The van der Waals surface area contributed by atoms with Crippen molar-refractivity contribution in [2.24, 2.45) is 0 Å². The van der Waals surface area contributed by atoms with Gasteiger partial charge in [-0.05, 0) is 30.9 Å². The SMILES string of the molecule is CCCCC(=O)N1c2ncnn2[C@H](c2ccc(C)cc2)C[C@H]1c1ccccc1. The lowest BCUT2D eigenvalue weighted by Crippen LogP contribution is -2.42. The van der Waals surface area contributed by atoms with E-state index in [4.69, 9.17) is 0 Å². The van der Waals surface area contributed by atoms with Crippen molar-refractivity contribution in [1.29, 1.82) is 0 Å². The third kappa shape index (κ3) is 3.44. The highest BCUT2D eigenvalue weighted by molar-refractivity contribution is 5.92. The van der Waals surface area contributed by atoms with Crippen LogP contribution >= 0.6 is 0 Å². The van der Waals surface area contributed by atoms with E-state index in [2.05, 4.69) is 60.3 Å². The van der Waals surface area contributed by atoms with Gasteiger partial charge in [0.05, 0.1) is 12.1 Å². The Morgan fingerprint density at radius 3 is 2.46 bits per heavy atom. The van der Waals surface area contributed by atoms with E-state index in [1.165, 1.54) is 11.1 Å². The minimum atomic E-state index is -0.0476. The van der Waals surface area contributed by atoms with Gasteiger partial charge in [-0.3, -0.25) is 9.69 Å². The first-order chi connectivity index (χ1) is 13.7. The average Bonchev–Trinajstić information content (AvgIpc) is 3.22. The zero-order valence-electron chi connectivity index (χ0n) is 16.5. The highest BCUT2D eigenvalue weighted by atomic mass is 16.2. The second-order valence-corrected chi connectivity index (χ2v) is 7.46. The minimum absolute atomic E-state index is 0.0476. The van der Waals surface area contributed by atoms with Crippen LogP contribution in [0.15, 0.2) is 60.9 Å². The highest BCUT2D eigenvalue weighted by Gasteiger charge is 2.38. The van der Waals surface area contributed by atoms with Crippen LogP contribution in [0.4, 0.5) is 5.95 Å². The van der Waals surface area contributed by atoms with Crippen LogP contribution in [0, 0.1) is 6.92 Å². The number of fused-ring (bicyclic) bond motifs is 1. The molecule has 0 aliphatic carbocycles. The summed E-state index contributed by atoms with van der Waals surface area (Å²) in [5, 5.41) is 4.49. The topological polar surface area (TPSA) is 51.0 Å². The molecule has 144 valence electrons. The molecule has 0 N–H and O–H groups in total. The molecule has 4 rings (SSSR count). The number of unbranched alkanes of at least 4 members (excludes halogenated alkanes) is 1. The summed E-state index contributed by atoms with van der Waals surface area (Å²) in [7, 11) is 0. The second kappa shape index (κ2) is 7.97. The fraction of sp³-hybridized carbons (Fsp3) is 0.348. The fourth-order valence-corrected chi connectivity index (χ4v) is 3.95. The highest BCUT2D eigenvalue weighted by Crippen LogP contribution is 2.42. The molecule has 3 aromatic rings. The van der Waals surface area contributed by atoms with Crippen LogP contribution in [-0.2, 0) is 4.79 Å². The monoisotopic (exact) mass is 374 g/mol. The Morgan fingerprint density at radius 1 is 1.04 bits per heavy atom. The van der Waals surface area contributed by atoms with Crippen molar-refractivity contribution < 1.29 is 4.79 Å². The molecule has 5 heteroatoms. The van der Waals surface area contributed by atoms with Crippen molar-refractivity contribution in [3.8, 4) is 0 Å². The van der Waals surface area contributed by atoms with Crippen LogP contribution in [0.2, 0.25) is 0 Å². The van der Waals surface area contributed by atoms with Crippen LogP contribution in [0.5, 0.6) is 0 Å². The number of hydrogen-bond donors (Lipinski definition) is 0. The summed E-state index contributed by atoms with van der Waals surface area (Å²) in [5.74, 6) is 0.763. The van der Waals surface area contributed by atoms with E-state index in [9.17, 15) is 4.79 Å². The van der Waals surface area contributed by atoms with Gasteiger partial charge in [-0.2, -0.15) is 10.1 Å². The van der Waals surface area contributed by atoms with Gasteiger partial charge in [-0.15, -0.1) is 0 Å². The Balaban J connectivity index is 1.78. The molecule has 5 nitrogen and oxygen atoms in total. The predicted molar refractivity (Wildman–Crippen MR) is 110 cm³/mol. The molecular weight excluding hydrogens is 348 g/mol. The van der Waals surface area contributed by atoms with E-state index in [1.807, 2.05) is 27.8 Å². The molecular formula is C23H26N4O. The Morgan fingerprint density at radius 2 is 1.75 bits per heavy atom. The van der Waals surface area contributed by atoms with Gasteiger partial charge in [0.15, 0.2) is 0 Å². The van der Waals surface area contributed by atoms with Gasteiger partial charge < -0.3 is 0 Å². The van der Waals surface area contributed by atoms with Crippen molar-refractivity contribution >= 4 is 11.9 Å². The van der Waals surface area contributed by atoms with E-state index in [1.54, 1.807) is 6.33 Å². The van der Waals surface area contributed by atoms with Gasteiger partial charge in [0.1, 0.15) is 6.33 Å².